The number of nitrogens with zero attached hydrogens (tertiary/aromatic N) is 3. The lowest BCUT2D eigenvalue weighted by molar-refractivity contribution is -0.385. The highest BCUT2D eigenvalue weighted by Gasteiger charge is 2.23. The maximum atomic E-state index is 12.7. The van der Waals surface area contributed by atoms with Crippen molar-refractivity contribution in [3.63, 3.8) is 0 Å². The van der Waals surface area contributed by atoms with Gasteiger partial charge in [-0.15, -0.1) is 0 Å². The fourth-order valence-corrected chi connectivity index (χ4v) is 3.58. The molecule has 0 amide bonds. The van der Waals surface area contributed by atoms with Crippen LogP contribution in [0.4, 0.5) is 5.69 Å². The number of rotatable bonds is 5. The van der Waals surface area contributed by atoms with Crippen LogP contribution < -0.4 is 10.3 Å². The minimum absolute atomic E-state index is 0.0607. The average Bonchev–Trinajstić information content (AvgIpc) is 2.74. The standard InChI is InChI=1S/C21H20N4O4/c1-29-19-8-7-14(11-18(19)25(27)28)12-24-10-9-17-16(13-24)21(26)23-20(22-17)15-5-3-2-4-6-15/h2-8,11H,9-10,12-13H2,1H3,(H,22,23,26). The van der Waals surface area contributed by atoms with E-state index >= 15 is 0 Å². The number of nitrogens with one attached hydrogen (secondary N) is 1. The summed E-state index contributed by atoms with van der Waals surface area (Å²) in [7, 11) is 1.41. The molecule has 0 saturated heterocycles. The van der Waals surface area contributed by atoms with Crippen LogP contribution in [-0.2, 0) is 19.5 Å². The topological polar surface area (TPSA) is 101 Å². The molecular formula is C21H20N4O4. The van der Waals surface area contributed by atoms with Crippen molar-refractivity contribution < 1.29 is 9.66 Å². The minimum Gasteiger partial charge on any atom is -0.490 e. The number of benzene rings is 2. The summed E-state index contributed by atoms with van der Waals surface area (Å²) in [6.45, 7) is 1.67. The molecule has 0 aliphatic carbocycles. The second kappa shape index (κ2) is 7.84. The Morgan fingerprint density at radius 2 is 2.03 bits per heavy atom. The number of nitro groups is 1. The van der Waals surface area contributed by atoms with Gasteiger partial charge in [0.15, 0.2) is 5.75 Å². The summed E-state index contributed by atoms with van der Waals surface area (Å²) in [5, 5.41) is 11.2. The van der Waals surface area contributed by atoms with Crippen molar-refractivity contribution in [1.29, 1.82) is 0 Å². The van der Waals surface area contributed by atoms with Crippen molar-refractivity contribution in [3.8, 4) is 17.1 Å². The second-order valence-electron chi connectivity index (χ2n) is 6.93. The third-order valence-corrected chi connectivity index (χ3v) is 5.04. The summed E-state index contributed by atoms with van der Waals surface area (Å²) >= 11 is 0. The van der Waals surface area contributed by atoms with Gasteiger partial charge < -0.3 is 9.72 Å². The predicted molar refractivity (Wildman–Crippen MR) is 108 cm³/mol. The molecule has 2 heterocycles. The summed E-state index contributed by atoms with van der Waals surface area (Å²) in [5.41, 5.74) is 2.93. The Kier molecular flexibility index (Phi) is 5.09. The van der Waals surface area contributed by atoms with Gasteiger partial charge in [0, 0.05) is 37.7 Å². The fourth-order valence-electron chi connectivity index (χ4n) is 3.58. The number of aromatic nitrogens is 2. The number of H-pyrrole nitrogens is 1. The van der Waals surface area contributed by atoms with Crippen LogP contribution in [0.5, 0.6) is 5.75 Å². The molecule has 8 nitrogen and oxygen atoms in total. The highest BCUT2D eigenvalue weighted by atomic mass is 16.6. The molecule has 29 heavy (non-hydrogen) atoms. The molecule has 1 aromatic heterocycles. The number of fused-ring (bicyclic) bond motifs is 1. The van der Waals surface area contributed by atoms with E-state index in [1.54, 1.807) is 6.07 Å². The molecule has 4 rings (SSSR count). The van der Waals surface area contributed by atoms with Gasteiger partial charge in [-0.2, -0.15) is 0 Å². The van der Waals surface area contributed by atoms with Gasteiger partial charge in [0.25, 0.3) is 5.56 Å². The van der Waals surface area contributed by atoms with Crippen LogP contribution in [0.3, 0.4) is 0 Å². The van der Waals surface area contributed by atoms with E-state index in [1.165, 1.54) is 13.2 Å². The predicted octanol–water partition coefficient (Wildman–Crippen LogP) is 2.91. The molecule has 0 bridgehead atoms. The largest absolute Gasteiger partial charge is 0.490 e. The van der Waals surface area contributed by atoms with E-state index in [-0.39, 0.29) is 17.0 Å². The lowest BCUT2D eigenvalue weighted by Gasteiger charge is -2.27. The highest BCUT2D eigenvalue weighted by Crippen LogP contribution is 2.28. The Balaban J connectivity index is 1.56. The number of ether oxygens (including phenoxy) is 1. The van der Waals surface area contributed by atoms with Crippen LogP contribution in [0.1, 0.15) is 16.8 Å². The minimum atomic E-state index is -0.451. The van der Waals surface area contributed by atoms with Crippen LogP contribution in [0.15, 0.2) is 53.3 Å². The van der Waals surface area contributed by atoms with E-state index in [1.807, 2.05) is 36.4 Å². The van der Waals surface area contributed by atoms with Gasteiger partial charge in [-0.25, -0.2) is 4.98 Å². The van der Waals surface area contributed by atoms with Crippen molar-refractivity contribution >= 4 is 5.69 Å². The quantitative estimate of drug-likeness (QED) is 0.529. The first-order valence-corrected chi connectivity index (χ1v) is 9.26. The summed E-state index contributed by atoms with van der Waals surface area (Å²) in [5.74, 6) is 0.811. The molecule has 1 aliphatic heterocycles. The van der Waals surface area contributed by atoms with Crippen molar-refractivity contribution in [2.75, 3.05) is 13.7 Å². The molecule has 0 radical (unpaired) electrons. The van der Waals surface area contributed by atoms with Crippen LogP contribution in [0, 0.1) is 10.1 Å². The highest BCUT2D eigenvalue weighted by molar-refractivity contribution is 5.55. The zero-order valence-corrected chi connectivity index (χ0v) is 15.9. The van der Waals surface area contributed by atoms with E-state index < -0.39 is 4.92 Å². The lowest BCUT2D eigenvalue weighted by Crippen LogP contribution is -2.35. The fraction of sp³-hybridized carbons (Fsp3) is 0.238. The van der Waals surface area contributed by atoms with Crippen LogP contribution >= 0.6 is 0 Å². The number of hydrogen-bond acceptors (Lipinski definition) is 6. The molecule has 8 heteroatoms. The SMILES string of the molecule is COc1ccc(CN2CCc3nc(-c4ccccc4)[nH]c(=O)c3C2)cc1[N+](=O)[O-]. The molecule has 0 unspecified atom stereocenters. The van der Waals surface area contributed by atoms with E-state index in [0.717, 1.165) is 23.4 Å². The van der Waals surface area contributed by atoms with E-state index in [9.17, 15) is 14.9 Å². The smallest absolute Gasteiger partial charge is 0.311 e. The van der Waals surface area contributed by atoms with Crippen molar-refractivity contribution in [2.45, 2.75) is 19.5 Å². The first-order valence-electron chi connectivity index (χ1n) is 9.26. The normalized spacial score (nSPS) is 13.7. The molecule has 3 aromatic rings. The van der Waals surface area contributed by atoms with Crippen molar-refractivity contribution in [2.24, 2.45) is 0 Å². The summed E-state index contributed by atoms with van der Waals surface area (Å²) < 4.78 is 5.05. The second-order valence-corrected chi connectivity index (χ2v) is 6.93. The van der Waals surface area contributed by atoms with Crippen LogP contribution in [0.2, 0.25) is 0 Å². The first kappa shape index (κ1) is 18.8. The van der Waals surface area contributed by atoms with Gasteiger partial charge in [-0.3, -0.25) is 19.8 Å². The molecule has 0 fully saturated rings. The van der Waals surface area contributed by atoms with Crippen molar-refractivity contribution in [1.82, 2.24) is 14.9 Å². The molecular weight excluding hydrogens is 372 g/mol. The van der Waals surface area contributed by atoms with Gasteiger partial charge in [-0.05, 0) is 11.6 Å². The number of hydrogen-bond donors (Lipinski definition) is 1. The first-order chi connectivity index (χ1) is 14.0. The maximum Gasteiger partial charge on any atom is 0.311 e. The third-order valence-electron chi connectivity index (χ3n) is 5.04. The average molecular weight is 392 g/mol. The Morgan fingerprint density at radius 1 is 1.24 bits per heavy atom. The summed E-state index contributed by atoms with van der Waals surface area (Å²) in [6, 6.07) is 14.5. The molecule has 1 aliphatic rings. The maximum absolute atomic E-state index is 12.7. The third kappa shape index (κ3) is 3.88. The molecule has 0 atom stereocenters. The van der Waals surface area contributed by atoms with E-state index in [4.69, 9.17) is 4.74 Å². The Bertz CT molecular complexity index is 1110. The van der Waals surface area contributed by atoms with Gasteiger partial charge in [0.2, 0.25) is 0 Å². The molecule has 1 N–H and O–H groups in total. The van der Waals surface area contributed by atoms with Gasteiger partial charge in [-0.1, -0.05) is 36.4 Å². The van der Waals surface area contributed by atoms with Crippen LogP contribution in [-0.4, -0.2) is 33.4 Å². The lowest BCUT2D eigenvalue weighted by atomic mass is 10.0. The van der Waals surface area contributed by atoms with Gasteiger partial charge >= 0.3 is 5.69 Å². The zero-order valence-electron chi connectivity index (χ0n) is 15.9. The van der Waals surface area contributed by atoms with E-state index in [2.05, 4.69) is 14.9 Å². The van der Waals surface area contributed by atoms with Gasteiger partial charge in [0.1, 0.15) is 5.82 Å². The van der Waals surface area contributed by atoms with E-state index in [0.29, 0.717) is 30.9 Å². The Labute approximate surface area is 166 Å². The molecule has 0 spiro atoms. The number of aromatic amines is 1. The zero-order chi connectivity index (χ0) is 20.4. The molecule has 148 valence electrons. The monoisotopic (exact) mass is 392 g/mol. The van der Waals surface area contributed by atoms with Gasteiger partial charge in [0.05, 0.1) is 23.3 Å². The van der Waals surface area contributed by atoms with Crippen molar-refractivity contribution in [3.05, 3.63) is 85.8 Å². The number of nitro benzene ring substituents is 1. The molecule has 2 aromatic carbocycles. The Morgan fingerprint density at radius 3 is 2.76 bits per heavy atom. The molecule has 0 saturated carbocycles. The summed E-state index contributed by atoms with van der Waals surface area (Å²) in [4.78, 5) is 33.1. The Hall–Kier alpha value is -3.52. The summed E-state index contributed by atoms with van der Waals surface area (Å²) in [6.07, 6.45) is 0.650. The number of methoxy groups -OCH3 is 1. The van der Waals surface area contributed by atoms with Crippen LogP contribution in [0.25, 0.3) is 11.4 Å².